The van der Waals surface area contributed by atoms with E-state index >= 15 is 0 Å². The van der Waals surface area contributed by atoms with Crippen molar-refractivity contribution in [3.8, 4) is 0 Å². The lowest BCUT2D eigenvalue weighted by Gasteiger charge is -2.06. The van der Waals surface area contributed by atoms with Crippen LogP contribution in [0.4, 0.5) is 5.82 Å². The maximum atomic E-state index is 11.2. The number of carbonyl (C=O) groups excluding carboxylic acids is 1. The van der Waals surface area contributed by atoms with Gasteiger partial charge in [0.1, 0.15) is 5.82 Å². The van der Waals surface area contributed by atoms with Crippen molar-refractivity contribution in [2.24, 2.45) is 0 Å². The summed E-state index contributed by atoms with van der Waals surface area (Å²) in [5.41, 5.74) is 0. The van der Waals surface area contributed by atoms with Gasteiger partial charge in [0.15, 0.2) is 0 Å². The molecule has 0 bridgehead atoms. The standard InChI is InChI=1S/C9H12IN3O2/c1-3-4-11-7-6(10)5-12-8(13-7)9(14)15-2/h5H,3-4H2,1-2H3,(H,11,12,13). The zero-order valence-corrected chi connectivity index (χ0v) is 10.7. The van der Waals surface area contributed by atoms with E-state index in [4.69, 9.17) is 0 Å². The SMILES string of the molecule is CCCNc1nc(C(=O)OC)ncc1I. The highest BCUT2D eigenvalue weighted by Gasteiger charge is 2.11. The number of methoxy groups -OCH3 is 1. The fraction of sp³-hybridized carbons (Fsp3) is 0.444. The van der Waals surface area contributed by atoms with Crippen LogP contribution in [-0.2, 0) is 4.74 Å². The van der Waals surface area contributed by atoms with Crippen LogP contribution in [0.2, 0.25) is 0 Å². The summed E-state index contributed by atoms with van der Waals surface area (Å²) < 4.78 is 5.42. The molecule has 0 atom stereocenters. The summed E-state index contributed by atoms with van der Waals surface area (Å²) >= 11 is 2.11. The van der Waals surface area contributed by atoms with Gasteiger partial charge in [-0.15, -0.1) is 0 Å². The first-order valence-electron chi connectivity index (χ1n) is 4.53. The molecule has 0 aromatic carbocycles. The Hall–Kier alpha value is -0.920. The summed E-state index contributed by atoms with van der Waals surface area (Å²) in [4.78, 5) is 19.1. The Morgan fingerprint density at radius 1 is 1.67 bits per heavy atom. The average molecular weight is 321 g/mol. The molecule has 0 amide bonds. The zero-order valence-electron chi connectivity index (χ0n) is 8.58. The Labute approximate surface area is 102 Å². The number of rotatable bonds is 4. The van der Waals surface area contributed by atoms with Crippen LogP contribution in [-0.4, -0.2) is 29.6 Å². The molecule has 0 spiro atoms. The highest BCUT2D eigenvalue weighted by molar-refractivity contribution is 14.1. The van der Waals surface area contributed by atoms with Crippen LogP contribution in [0.3, 0.4) is 0 Å². The van der Waals surface area contributed by atoms with Crippen LogP contribution < -0.4 is 5.32 Å². The van der Waals surface area contributed by atoms with E-state index in [2.05, 4.69) is 49.5 Å². The van der Waals surface area contributed by atoms with E-state index in [0.29, 0.717) is 5.82 Å². The van der Waals surface area contributed by atoms with Gasteiger partial charge in [-0.2, -0.15) is 0 Å². The number of carbonyl (C=O) groups is 1. The molecular weight excluding hydrogens is 309 g/mol. The number of aromatic nitrogens is 2. The van der Waals surface area contributed by atoms with Crippen molar-refractivity contribution in [2.45, 2.75) is 13.3 Å². The summed E-state index contributed by atoms with van der Waals surface area (Å²) in [6, 6.07) is 0. The maximum Gasteiger partial charge on any atom is 0.376 e. The number of nitrogens with zero attached hydrogens (tertiary/aromatic N) is 2. The van der Waals surface area contributed by atoms with Gasteiger partial charge in [0.2, 0.25) is 5.82 Å². The van der Waals surface area contributed by atoms with E-state index in [1.807, 2.05) is 0 Å². The summed E-state index contributed by atoms with van der Waals surface area (Å²) in [5.74, 6) is 0.232. The Kier molecular flexibility index (Phi) is 4.73. The molecule has 0 saturated carbocycles. The predicted octanol–water partition coefficient (Wildman–Crippen LogP) is 1.69. The summed E-state index contributed by atoms with van der Waals surface area (Å²) in [6.45, 7) is 2.87. The van der Waals surface area contributed by atoms with E-state index < -0.39 is 5.97 Å². The maximum absolute atomic E-state index is 11.2. The van der Waals surface area contributed by atoms with E-state index in [9.17, 15) is 4.79 Å². The summed E-state index contributed by atoms with van der Waals surface area (Å²) in [6.07, 6.45) is 2.59. The molecule has 6 heteroatoms. The van der Waals surface area contributed by atoms with E-state index in [1.54, 1.807) is 6.20 Å². The number of esters is 1. The third kappa shape index (κ3) is 3.29. The molecule has 5 nitrogen and oxygen atoms in total. The molecule has 15 heavy (non-hydrogen) atoms. The van der Waals surface area contributed by atoms with Gasteiger partial charge >= 0.3 is 5.97 Å². The fourth-order valence-electron chi connectivity index (χ4n) is 0.924. The molecule has 0 aliphatic carbocycles. The lowest BCUT2D eigenvalue weighted by atomic mass is 10.4. The van der Waals surface area contributed by atoms with E-state index in [-0.39, 0.29) is 5.82 Å². The fourth-order valence-corrected chi connectivity index (χ4v) is 1.37. The second-order valence-corrected chi connectivity index (χ2v) is 3.97. The van der Waals surface area contributed by atoms with Crippen molar-refractivity contribution in [3.05, 3.63) is 15.6 Å². The average Bonchev–Trinajstić information content (AvgIpc) is 2.27. The minimum absolute atomic E-state index is 0.0801. The Morgan fingerprint density at radius 2 is 2.40 bits per heavy atom. The molecule has 1 rings (SSSR count). The molecule has 82 valence electrons. The van der Waals surface area contributed by atoms with Gasteiger partial charge in [0, 0.05) is 12.7 Å². The van der Waals surface area contributed by atoms with Gasteiger partial charge in [0.25, 0.3) is 0 Å². The molecule has 0 radical (unpaired) electrons. The van der Waals surface area contributed by atoms with Crippen LogP contribution >= 0.6 is 22.6 Å². The highest BCUT2D eigenvalue weighted by Crippen LogP contribution is 2.14. The Bertz CT molecular complexity index is 357. The first-order chi connectivity index (χ1) is 7.19. The van der Waals surface area contributed by atoms with Crippen molar-refractivity contribution in [3.63, 3.8) is 0 Å². The van der Waals surface area contributed by atoms with Crippen molar-refractivity contribution < 1.29 is 9.53 Å². The van der Waals surface area contributed by atoms with Crippen LogP contribution in [0, 0.1) is 3.57 Å². The van der Waals surface area contributed by atoms with Gasteiger partial charge in [-0.1, -0.05) is 6.92 Å². The molecule has 0 aliphatic heterocycles. The first kappa shape index (κ1) is 12.2. The first-order valence-corrected chi connectivity index (χ1v) is 5.61. The van der Waals surface area contributed by atoms with Gasteiger partial charge < -0.3 is 10.1 Å². The van der Waals surface area contributed by atoms with Crippen LogP contribution in [0.5, 0.6) is 0 Å². The number of anilines is 1. The minimum atomic E-state index is -0.522. The monoisotopic (exact) mass is 321 g/mol. The smallest absolute Gasteiger partial charge is 0.376 e. The molecule has 1 aromatic heterocycles. The summed E-state index contributed by atoms with van der Waals surface area (Å²) in [5, 5.41) is 3.12. The normalized spacial score (nSPS) is 9.80. The van der Waals surface area contributed by atoms with E-state index in [0.717, 1.165) is 16.5 Å². The van der Waals surface area contributed by atoms with E-state index in [1.165, 1.54) is 7.11 Å². The van der Waals surface area contributed by atoms with Crippen molar-refractivity contribution in [1.82, 2.24) is 9.97 Å². The quantitative estimate of drug-likeness (QED) is 0.675. The highest BCUT2D eigenvalue weighted by atomic mass is 127. The third-order valence-electron chi connectivity index (χ3n) is 1.65. The number of nitrogens with one attached hydrogen (secondary N) is 1. The molecule has 0 fully saturated rings. The molecule has 1 aromatic rings. The second-order valence-electron chi connectivity index (χ2n) is 2.81. The van der Waals surface area contributed by atoms with Crippen molar-refractivity contribution in [2.75, 3.05) is 19.0 Å². The van der Waals surface area contributed by atoms with Gasteiger partial charge in [-0.05, 0) is 29.0 Å². The molecule has 1 heterocycles. The summed E-state index contributed by atoms with van der Waals surface area (Å²) in [7, 11) is 1.31. The third-order valence-corrected chi connectivity index (χ3v) is 2.44. The topological polar surface area (TPSA) is 64.1 Å². The number of ether oxygens (including phenoxy) is 1. The van der Waals surface area contributed by atoms with Gasteiger partial charge in [-0.25, -0.2) is 14.8 Å². The largest absolute Gasteiger partial charge is 0.463 e. The Balaban J connectivity index is 2.89. The van der Waals surface area contributed by atoms with Crippen LogP contribution in [0.25, 0.3) is 0 Å². The van der Waals surface area contributed by atoms with Crippen LogP contribution in [0.1, 0.15) is 24.0 Å². The van der Waals surface area contributed by atoms with Gasteiger partial charge in [0.05, 0.1) is 10.7 Å². The number of hydrogen-bond donors (Lipinski definition) is 1. The van der Waals surface area contributed by atoms with Crippen molar-refractivity contribution >= 4 is 34.4 Å². The number of hydrogen-bond acceptors (Lipinski definition) is 5. The molecule has 1 N–H and O–H groups in total. The molecule has 0 unspecified atom stereocenters. The van der Waals surface area contributed by atoms with Gasteiger partial charge in [-0.3, -0.25) is 0 Å². The molecule has 0 aliphatic rings. The van der Waals surface area contributed by atoms with Crippen LogP contribution in [0.15, 0.2) is 6.20 Å². The Morgan fingerprint density at radius 3 is 3.00 bits per heavy atom. The lowest BCUT2D eigenvalue weighted by Crippen LogP contribution is -2.11. The second kappa shape index (κ2) is 5.84. The molecule has 0 saturated heterocycles. The number of halogens is 1. The predicted molar refractivity (Wildman–Crippen MR) is 64.9 cm³/mol. The molecular formula is C9H12IN3O2. The van der Waals surface area contributed by atoms with Crippen molar-refractivity contribution in [1.29, 1.82) is 0 Å². The zero-order chi connectivity index (χ0) is 11.3. The lowest BCUT2D eigenvalue weighted by molar-refractivity contribution is 0.0587. The minimum Gasteiger partial charge on any atom is -0.463 e.